The van der Waals surface area contributed by atoms with Crippen molar-refractivity contribution in [3.05, 3.63) is 29.3 Å². The van der Waals surface area contributed by atoms with Crippen LogP contribution in [-0.4, -0.2) is 30.9 Å². The minimum Gasteiger partial charge on any atom is -0.376 e. The third-order valence-electron chi connectivity index (χ3n) is 2.79. The number of anilines is 1. The number of benzene rings is 1. The number of halogens is 3. The number of alkyl halides is 3. The maximum atomic E-state index is 12.7. The van der Waals surface area contributed by atoms with E-state index in [0.29, 0.717) is 6.54 Å². The Labute approximate surface area is 114 Å². The van der Waals surface area contributed by atoms with Crippen LogP contribution in [0.2, 0.25) is 0 Å². The number of carbonyl (C=O) groups is 1. The molecule has 0 atom stereocenters. The molecule has 4 nitrogen and oxygen atoms in total. The molecule has 1 N–H and O–H groups in total. The van der Waals surface area contributed by atoms with Crippen molar-refractivity contribution in [2.75, 3.05) is 25.5 Å². The average Bonchev–Trinajstić information content (AvgIpc) is 2.42. The lowest BCUT2D eigenvalue weighted by Gasteiger charge is -2.16. The van der Waals surface area contributed by atoms with Gasteiger partial charge < -0.3 is 10.2 Å². The van der Waals surface area contributed by atoms with Gasteiger partial charge in [0, 0.05) is 19.3 Å². The van der Waals surface area contributed by atoms with E-state index < -0.39 is 17.3 Å². The molecule has 0 saturated carbocycles. The number of rotatable bonds is 4. The first-order chi connectivity index (χ1) is 9.29. The Balaban J connectivity index is 2.89. The van der Waals surface area contributed by atoms with Crippen LogP contribution in [-0.2, 0) is 11.0 Å². The van der Waals surface area contributed by atoms with Crippen LogP contribution in [0.5, 0.6) is 0 Å². The quantitative estimate of drug-likeness (QED) is 0.924. The zero-order valence-corrected chi connectivity index (χ0v) is 11.1. The monoisotopic (exact) mass is 285 g/mol. The largest absolute Gasteiger partial charge is 0.417 e. The summed E-state index contributed by atoms with van der Waals surface area (Å²) in [4.78, 5) is 13.0. The van der Waals surface area contributed by atoms with E-state index in [1.165, 1.54) is 17.0 Å². The second-order valence-electron chi connectivity index (χ2n) is 4.13. The van der Waals surface area contributed by atoms with Gasteiger partial charge in [-0.1, -0.05) is 0 Å². The van der Waals surface area contributed by atoms with Crippen LogP contribution in [0.25, 0.3) is 0 Å². The van der Waals surface area contributed by atoms with Gasteiger partial charge in [0.05, 0.1) is 23.7 Å². The highest BCUT2D eigenvalue weighted by Crippen LogP contribution is 2.33. The Kier molecular flexibility index (Phi) is 4.97. The molecule has 108 valence electrons. The Morgan fingerprint density at radius 1 is 1.45 bits per heavy atom. The van der Waals surface area contributed by atoms with Gasteiger partial charge in [0.15, 0.2) is 0 Å². The number of hydrogen-bond donors (Lipinski definition) is 1. The zero-order valence-electron chi connectivity index (χ0n) is 11.1. The molecule has 20 heavy (non-hydrogen) atoms. The fourth-order valence-electron chi connectivity index (χ4n) is 1.48. The molecule has 0 aliphatic rings. The number of likely N-dealkylation sites (N-methyl/N-ethyl adjacent to an activating group) is 1. The van der Waals surface area contributed by atoms with Crippen LogP contribution in [0.15, 0.2) is 18.2 Å². The molecular weight excluding hydrogens is 271 g/mol. The highest BCUT2D eigenvalue weighted by molar-refractivity contribution is 5.80. The van der Waals surface area contributed by atoms with Gasteiger partial charge in [0.1, 0.15) is 0 Å². The van der Waals surface area contributed by atoms with Crippen molar-refractivity contribution in [1.82, 2.24) is 4.90 Å². The molecule has 1 aromatic carbocycles. The van der Waals surface area contributed by atoms with E-state index in [-0.39, 0.29) is 18.1 Å². The van der Waals surface area contributed by atoms with E-state index in [4.69, 9.17) is 5.26 Å². The third kappa shape index (κ3) is 3.88. The summed E-state index contributed by atoms with van der Waals surface area (Å²) in [6, 6.07) is 4.75. The third-order valence-corrected chi connectivity index (χ3v) is 2.79. The maximum absolute atomic E-state index is 12.7. The number of nitrogens with one attached hydrogen (secondary N) is 1. The second-order valence-corrected chi connectivity index (χ2v) is 4.13. The first kappa shape index (κ1) is 15.8. The minimum absolute atomic E-state index is 0.104. The van der Waals surface area contributed by atoms with Gasteiger partial charge in [-0.25, -0.2) is 0 Å². The molecule has 1 aromatic rings. The van der Waals surface area contributed by atoms with Crippen molar-refractivity contribution in [1.29, 1.82) is 5.26 Å². The van der Waals surface area contributed by atoms with Crippen molar-refractivity contribution in [3.63, 3.8) is 0 Å². The lowest BCUT2D eigenvalue weighted by atomic mass is 10.1. The molecule has 7 heteroatoms. The second kappa shape index (κ2) is 6.28. The van der Waals surface area contributed by atoms with E-state index >= 15 is 0 Å². The molecule has 0 aliphatic heterocycles. The first-order valence-corrected chi connectivity index (χ1v) is 5.88. The van der Waals surface area contributed by atoms with Crippen LogP contribution in [0.1, 0.15) is 18.1 Å². The van der Waals surface area contributed by atoms with Crippen LogP contribution in [0.3, 0.4) is 0 Å². The van der Waals surface area contributed by atoms with Crippen molar-refractivity contribution in [2.45, 2.75) is 13.1 Å². The summed E-state index contributed by atoms with van der Waals surface area (Å²) in [5.74, 6) is -0.231. The summed E-state index contributed by atoms with van der Waals surface area (Å²) in [5, 5.41) is 11.3. The van der Waals surface area contributed by atoms with E-state index in [9.17, 15) is 18.0 Å². The fraction of sp³-hybridized carbons (Fsp3) is 0.385. The summed E-state index contributed by atoms with van der Waals surface area (Å²) in [7, 11) is 1.60. The Morgan fingerprint density at radius 2 is 2.10 bits per heavy atom. The summed E-state index contributed by atoms with van der Waals surface area (Å²) < 4.78 is 38.2. The minimum atomic E-state index is -4.60. The van der Waals surface area contributed by atoms with Gasteiger partial charge in [-0.05, 0) is 25.1 Å². The van der Waals surface area contributed by atoms with E-state index in [2.05, 4.69) is 5.32 Å². The summed E-state index contributed by atoms with van der Waals surface area (Å²) in [6.07, 6.45) is -4.60. The fourth-order valence-corrected chi connectivity index (χ4v) is 1.48. The average molecular weight is 285 g/mol. The Morgan fingerprint density at radius 3 is 2.60 bits per heavy atom. The summed E-state index contributed by atoms with van der Waals surface area (Å²) in [5.41, 5.74) is -1.31. The van der Waals surface area contributed by atoms with Gasteiger partial charge in [0.2, 0.25) is 5.91 Å². The molecule has 1 amide bonds. The van der Waals surface area contributed by atoms with Gasteiger partial charge in [0.25, 0.3) is 0 Å². The maximum Gasteiger partial charge on any atom is 0.417 e. The van der Waals surface area contributed by atoms with Crippen LogP contribution < -0.4 is 5.32 Å². The summed E-state index contributed by atoms with van der Waals surface area (Å²) in [6.45, 7) is 2.20. The smallest absolute Gasteiger partial charge is 0.376 e. The Bertz CT molecular complexity index is 535. The van der Waals surface area contributed by atoms with Crippen molar-refractivity contribution in [3.8, 4) is 6.07 Å². The van der Waals surface area contributed by atoms with Crippen molar-refractivity contribution in [2.24, 2.45) is 0 Å². The van der Waals surface area contributed by atoms with Gasteiger partial charge >= 0.3 is 6.18 Å². The number of carbonyl (C=O) groups excluding carboxylic acids is 1. The molecule has 0 saturated heterocycles. The predicted octanol–water partition coefficient (Wildman–Crippen LogP) is 2.47. The standard InChI is InChI=1S/C13H14F3N3O/c1-3-19(2)12(20)8-18-10-5-4-9(7-17)11(6-10)13(14,15)16/h4-6,18H,3,8H2,1-2H3. The zero-order chi connectivity index (χ0) is 15.3. The van der Waals surface area contributed by atoms with Gasteiger partial charge in [-0.15, -0.1) is 0 Å². The lowest BCUT2D eigenvalue weighted by molar-refractivity contribution is -0.137. The summed E-state index contributed by atoms with van der Waals surface area (Å²) >= 11 is 0. The highest BCUT2D eigenvalue weighted by Gasteiger charge is 2.33. The molecule has 0 fully saturated rings. The molecule has 0 spiro atoms. The van der Waals surface area contributed by atoms with Crippen LogP contribution >= 0.6 is 0 Å². The van der Waals surface area contributed by atoms with Crippen molar-refractivity contribution < 1.29 is 18.0 Å². The number of nitrogens with zero attached hydrogens (tertiary/aromatic N) is 2. The SMILES string of the molecule is CCN(C)C(=O)CNc1ccc(C#N)c(C(F)(F)F)c1. The van der Waals surface area contributed by atoms with Crippen LogP contribution in [0.4, 0.5) is 18.9 Å². The molecule has 0 aliphatic carbocycles. The molecule has 0 heterocycles. The molecule has 1 rings (SSSR count). The molecule has 0 aromatic heterocycles. The molecular formula is C13H14F3N3O. The van der Waals surface area contributed by atoms with E-state index in [0.717, 1.165) is 12.1 Å². The molecule has 0 bridgehead atoms. The number of nitriles is 1. The van der Waals surface area contributed by atoms with Gasteiger partial charge in [-0.3, -0.25) is 4.79 Å². The topological polar surface area (TPSA) is 56.1 Å². The molecule has 0 radical (unpaired) electrons. The molecule has 0 unspecified atom stereocenters. The highest BCUT2D eigenvalue weighted by atomic mass is 19.4. The van der Waals surface area contributed by atoms with Crippen LogP contribution in [0, 0.1) is 11.3 Å². The van der Waals surface area contributed by atoms with E-state index in [1.54, 1.807) is 14.0 Å². The number of hydrogen-bond acceptors (Lipinski definition) is 3. The number of amides is 1. The van der Waals surface area contributed by atoms with Gasteiger partial charge in [-0.2, -0.15) is 18.4 Å². The predicted molar refractivity (Wildman–Crippen MR) is 68.0 cm³/mol. The lowest BCUT2D eigenvalue weighted by Crippen LogP contribution is -2.31. The normalized spacial score (nSPS) is 10.8. The van der Waals surface area contributed by atoms with Crippen molar-refractivity contribution >= 4 is 11.6 Å². The first-order valence-electron chi connectivity index (χ1n) is 5.88. The Hall–Kier alpha value is -2.23. The van der Waals surface area contributed by atoms with E-state index in [1.807, 2.05) is 0 Å².